The van der Waals surface area contributed by atoms with E-state index < -0.39 is 0 Å². The molecule has 8 N–H and O–H groups in total. The molecular formula is C23H44ClN3O4. The van der Waals surface area contributed by atoms with Crippen LogP contribution in [-0.2, 0) is 4.74 Å². The summed E-state index contributed by atoms with van der Waals surface area (Å²) >= 11 is 6.09. The first-order chi connectivity index (χ1) is 13.3. The Hall–Kier alpha value is -0.770. The molecule has 0 spiro atoms. The first-order valence-corrected chi connectivity index (χ1v) is 11.3. The van der Waals surface area contributed by atoms with Crippen LogP contribution in [0.4, 0.5) is 0 Å². The summed E-state index contributed by atoms with van der Waals surface area (Å²) in [4.78, 5) is 2.66. The molecule has 8 heteroatoms. The van der Waals surface area contributed by atoms with Crippen LogP contribution in [0.3, 0.4) is 0 Å². The molecule has 2 aliphatic heterocycles. The van der Waals surface area contributed by atoms with Gasteiger partial charge in [0.1, 0.15) is 0 Å². The third-order valence-corrected chi connectivity index (χ3v) is 6.70. The van der Waals surface area contributed by atoms with Crippen molar-refractivity contribution in [3.8, 4) is 0 Å². The van der Waals surface area contributed by atoms with Gasteiger partial charge in [0.2, 0.25) is 0 Å². The van der Waals surface area contributed by atoms with Crippen molar-refractivity contribution in [2.75, 3.05) is 45.9 Å². The number of hydrogen-bond acceptors (Lipinski definition) is 4. The molecular weight excluding hydrogens is 418 g/mol. The summed E-state index contributed by atoms with van der Waals surface area (Å²) < 4.78 is 5.85. The molecule has 0 aromatic heterocycles. The Bertz CT molecular complexity index is 609. The van der Waals surface area contributed by atoms with Gasteiger partial charge in [-0.25, -0.2) is 0 Å². The van der Waals surface area contributed by atoms with Gasteiger partial charge in [-0.05, 0) is 47.9 Å². The number of nitrogens with zero attached hydrogens (tertiary/aromatic N) is 1. The number of rotatable bonds is 7. The molecule has 1 aromatic rings. The maximum Gasteiger partial charge on any atom is 0.0824 e. The van der Waals surface area contributed by atoms with Gasteiger partial charge < -0.3 is 36.7 Å². The van der Waals surface area contributed by atoms with Gasteiger partial charge in [0, 0.05) is 43.8 Å². The second-order valence-electron chi connectivity index (χ2n) is 9.57. The molecule has 3 atom stereocenters. The highest BCUT2D eigenvalue weighted by molar-refractivity contribution is 6.30. The zero-order chi connectivity index (χ0) is 20.1. The largest absolute Gasteiger partial charge is 0.412 e. The lowest BCUT2D eigenvalue weighted by Gasteiger charge is -2.46. The number of benzene rings is 1. The van der Waals surface area contributed by atoms with Crippen molar-refractivity contribution in [1.29, 1.82) is 0 Å². The average Bonchev–Trinajstić information content (AvgIpc) is 2.66. The molecule has 0 amide bonds. The van der Waals surface area contributed by atoms with Crippen LogP contribution in [0.15, 0.2) is 24.3 Å². The summed E-state index contributed by atoms with van der Waals surface area (Å²) in [5.74, 6) is 1.20. The number of hydrogen-bond donors (Lipinski definition) is 2. The number of likely N-dealkylation sites (tertiary alicyclic amines) is 1. The molecule has 2 fully saturated rings. The fraction of sp³-hybridized carbons (Fsp3) is 0.739. The standard InChI is InChI=1S/C23H38ClN3O.3H2O/c1-17(2)22(26-14-20-13-25-10-12-28-20)15-27-11-9-21(23(3,4)16-27)18-5-7-19(24)8-6-18;;;/h5-8,17,20-22,25-26H,9-16H2,1-4H3;3*1H2/t20?,21-,22+;;;/m1.../s1. The summed E-state index contributed by atoms with van der Waals surface area (Å²) in [5, 5.41) is 8.03. The van der Waals surface area contributed by atoms with E-state index >= 15 is 0 Å². The number of halogens is 1. The van der Waals surface area contributed by atoms with Gasteiger partial charge in [-0.2, -0.15) is 0 Å². The van der Waals surface area contributed by atoms with Crippen molar-refractivity contribution in [2.24, 2.45) is 11.3 Å². The molecule has 3 rings (SSSR count). The van der Waals surface area contributed by atoms with Gasteiger partial charge in [0.25, 0.3) is 0 Å². The van der Waals surface area contributed by atoms with Crippen LogP contribution in [0.25, 0.3) is 0 Å². The minimum Gasteiger partial charge on any atom is -0.412 e. The summed E-state index contributed by atoms with van der Waals surface area (Å²) in [7, 11) is 0. The van der Waals surface area contributed by atoms with Crippen LogP contribution >= 0.6 is 11.6 Å². The van der Waals surface area contributed by atoms with Gasteiger partial charge in [-0.15, -0.1) is 0 Å². The van der Waals surface area contributed by atoms with E-state index in [1.54, 1.807) is 0 Å². The predicted molar refractivity (Wildman–Crippen MR) is 129 cm³/mol. The first-order valence-electron chi connectivity index (χ1n) is 10.9. The molecule has 31 heavy (non-hydrogen) atoms. The van der Waals surface area contributed by atoms with Crippen molar-refractivity contribution in [2.45, 2.75) is 52.2 Å². The van der Waals surface area contributed by atoms with Crippen molar-refractivity contribution >= 4 is 11.6 Å². The summed E-state index contributed by atoms with van der Waals surface area (Å²) in [5.41, 5.74) is 1.68. The third kappa shape index (κ3) is 8.59. The molecule has 2 saturated heterocycles. The number of morpholine rings is 1. The van der Waals surface area contributed by atoms with Crippen molar-refractivity contribution in [3.05, 3.63) is 34.9 Å². The van der Waals surface area contributed by atoms with Crippen LogP contribution in [0, 0.1) is 11.3 Å². The van der Waals surface area contributed by atoms with Gasteiger partial charge in [-0.3, -0.25) is 0 Å². The maximum absolute atomic E-state index is 6.09. The number of nitrogens with one attached hydrogen (secondary N) is 2. The highest BCUT2D eigenvalue weighted by atomic mass is 35.5. The van der Waals surface area contributed by atoms with Crippen LogP contribution < -0.4 is 10.6 Å². The lowest BCUT2D eigenvalue weighted by atomic mass is 9.70. The Balaban J connectivity index is 0.00000300. The molecule has 0 bridgehead atoms. The van der Waals surface area contributed by atoms with E-state index in [0.717, 1.165) is 50.9 Å². The lowest BCUT2D eigenvalue weighted by Crippen LogP contribution is -2.53. The van der Waals surface area contributed by atoms with E-state index in [-0.39, 0.29) is 21.8 Å². The van der Waals surface area contributed by atoms with Gasteiger partial charge in [-0.1, -0.05) is 51.4 Å². The Labute approximate surface area is 192 Å². The second kappa shape index (κ2) is 13.7. The molecule has 7 nitrogen and oxygen atoms in total. The molecule has 0 radical (unpaired) electrons. The highest BCUT2D eigenvalue weighted by Gasteiger charge is 2.37. The zero-order valence-electron chi connectivity index (χ0n) is 19.5. The molecule has 0 saturated carbocycles. The Kier molecular flexibility index (Phi) is 13.4. The molecule has 2 heterocycles. The monoisotopic (exact) mass is 461 g/mol. The third-order valence-electron chi connectivity index (χ3n) is 6.45. The first kappa shape index (κ1) is 30.2. The van der Waals surface area contributed by atoms with Crippen LogP contribution in [0.2, 0.25) is 5.02 Å². The highest BCUT2D eigenvalue weighted by Crippen LogP contribution is 2.42. The SMILES string of the molecule is CC(C)[C@H](CN1CC[C@H](c2ccc(Cl)cc2)C(C)(C)C1)NCC1CNCCO1.O.O.O. The van der Waals surface area contributed by atoms with E-state index in [1.807, 2.05) is 12.1 Å². The Morgan fingerprint density at radius 2 is 1.87 bits per heavy atom. The van der Waals surface area contributed by atoms with Gasteiger partial charge in [0.05, 0.1) is 12.7 Å². The summed E-state index contributed by atoms with van der Waals surface area (Å²) in [6.07, 6.45) is 1.50. The molecule has 1 aromatic carbocycles. The van der Waals surface area contributed by atoms with Crippen molar-refractivity contribution < 1.29 is 21.2 Å². The van der Waals surface area contributed by atoms with Gasteiger partial charge in [0.15, 0.2) is 0 Å². The quantitative estimate of drug-likeness (QED) is 0.633. The van der Waals surface area contributed by atoms with E-state index in [1.165, 1.54) is 12.0 Å². The smallest absolute Gasteiger partial charge is 0.0824 e. The van der Waals surface area contributed by atoms with E-state index in [9.17, 15) is 0 Å². The average molecular weight is 462 g/mol. The lowest BCUT2D eigenvalue weighted by molar-refractivity contribution is 0.0234. The maximum atomic E-state index is 6.09. The van der Waals surface area contributed by atoms with E-state index in [4.69, 9.17) is 16.3 Å². The van der Waals surface area contributed by atoms with Gasteiger partial charge >= 0.3 is 0 Å². The number of piperidine rings is 1. The van der Waals surface area contributed by atoms with Crippen LogP contribution in [0.1, 0.15) is 45.6 Å². The minimum atomic E-state index is 0. The number of ether oxygens (including phenoxy) is 1. The molecule has 2 aliphatic rings. The molecule has 1 unspecified atom stereocenters. The molecule has 182 valence electrons. The topological polar surface area (TPSA) is 131 Å². The van der Waals surface area contributed by atoms with Crippen LogP contribution in [-0.4, -0.2) is 79.3 Å². The van der Waals surface area contributed by atoms with E-state index in [0.29, 0.717) is 24.0 Å². The van der Waals surface area contributed by atoms with Crippen molar-refractivity contribution in [1.82, 2.24) is 15.5 Å². The Morgan fingerprint density at radius 1 is 1.19 bits per heavy atom. The minimum absolute atomic E-state index is 0. The zero-order valence-corrected chi connectivity index (χ0v) is 20.3. The van der Waals surface area contributed by atoms with E-state index in [2.05, 4.69) is 55.4 Å². The summed E-state index contributed by atoms with van der Waals surface area (Å²) in [6, 6.07) is 8.97. The predicted octanol–water partition coefficient (Wildman–Crippen LogP) is 1.28. The fourth-order valence-electron chi connectivity index (χ4n) is 4.76. The summed E-state index contributed by atoms with van der Waals surface area (Å²) in [6.45, 7) is 16.6. The Morgan fingerprint density at radius 3 is 2.42 bits per heavy atom. The second-order valence-corrected chi connectivity index (χ2v) is 10.0. The normalized spacial score (nSPS) is 24.5. The van der Waals surface area contributed by atoms with Crippen LogP contribution in [0.5, 0.6) is 0 Å². The molecule has 0 aliphatic carbocycles. The van der Waals surface area contributed by atoms with Crippen molar-refractivity contribution in [3.63, 3.8) is 0 Å². The fourth-order valence-corrected chi connectivity index (χ4v) is 4.89.